The van der Waals surface area contributed by atoms with E-state index in [0.29, 0.717) is 31.5 Å². The molecule has 0 aromatic heterocycles. The molecule has 3 aromatic carbocycles. The van der Waals surface area contributed by atoms with Crippen LogP contribution in [0.2, 0.25) is 0 Å². The minimum atomic E-state index is -5.08. The molecule has 1 amide bonds. The number of carbonyl (C=O) groups excluding carboxylic acids is 2. The Bertz CT molecular complexity index is 1210. The molecule has 0 fully saturated rings. The minimum absolute atomic E-state index is 0.307. The van der Waals surface area contributed by atoms with E-state index in [1.54, 1.807) is 0 Å². The van der Waals surface area contributed by atoms with Crippen LogP contribution >= 0.6 is 12.6 Å². The molecule has 0 saturated heterocycles. The molecule has 0 bridgehead atoms. The van der Waals surface area contributed by atoms with Crippen molar-refractivity contribution in [3.05, 3.63) is 78.4 Å². The molecule has 0 spiro atoms. The van der Waals surface area contributed by atoms with E-state index in [0.717, 1.165) is 16.3 Å². The Morgan fingerprint density at radius 2 is 1.51 bits per heavy atom. The number of carboxylic acid groups (broad SMARTS) is 1. The number of nitrogens with zero attached hydrogens (tertiary/aromatic N) is 1. The van der Waals surface area contributed by atoms with Gasteiger partial charge in [-0.15, -0.1) is 12.6 Å². The number of hydrogen-bond acceptors (Lipinski definition) is 5. The highest BCUT2D eigenvalue weighted by Crippen LogP contribution is 2.27. The summed E-state index contributed by atoms with van der Waals surface area (Å²) in [4.78, 5) is 36.3. The van der Waals surface area contributed by atoms with Crippen molar-refractivity contribution in [2.24, 2.45) is 11.5 Å². The van der Waals surface area contributed by atoms with Crippen LogP contribution in [0.3, 0.4) is 0 Å². The van der Waals surface area contributed by atoms with Crippen LogP contribution in [0.4, 0.5) is 18.9 Å². The van der Waals surface area contributed by atoms with Gasteiger partial charge >= 0.3 is 12.1 Å². The van der Waals surface area contributed by atoms with Gasteiger partial charge in [0.05, 0.1) is 6.04 Å². The van der Waals surface area contributed by atoms with Crippen LogP contribution in [0.15, 0.2) is 72.8 Å². The lowest BCUT2D eigenvalue weighted by Gasteiger charge is -2.32. The zero-order chi connectivity index (χ0) is 27.6. The van der Waals surface area contributed by atoms with Crippen molar-refractivity contribution in [2.75, 3.05) is 11.4 Å². The Kier molecular flexibility index (Phi) is 11.1. The second-order valence-electron chi connectivity index (χ2n) is 8.12. The fourth-order valence-electron chi connectivity index (χ4n) is 3.60. The van der Waals surface area contributed by atoms with Gasteiger partial charge in [0.25, 0.3) is 0 Å². The highest BCUT2D eigenvalue weighted by Gasteiger charge is 2.38. The van der Waals surface area contributed by atoms with Crippen molar-refractivity contribution in [1.29, 1.82) is 0 Å². The summed E-state index contributed by atoms with van der Waals surface area (Å²) in [6, 6.07) is 21.7. The summed E-state index contributed by atoms with van der Waals surface area (Å²) in [5, 5.41) is 8.78. The van der Waals surface area contributed by atoms with E-state index in [-0.39, 0.29) is 11.0 Å². The first-order valence-corrected chi connectivity index (χ1v) is 11.7. The third-order valence-electron chi connectivity index (χ3n) is 5.39. The number of benzene rings is 3. The van der Waals surface area contributed by atoms with Crippen LogP contribution in [-0.2, 0) is 20.8 Å². The number of amides is 1. The molecule has 0 aliphatic rings. The number of alkyl halides is 3. The van der Waals surface area contributed by atoms with Gasteiger partial charge in [0.2, 0.25) is 11.0 Å². The maximum atomic E-state index is 13.5. The molecule has 5 N–H and O–H groups in total. The summed E-state index contributed by atoms with van der Waals surface area (Å²) in [7, 11) is 0. The Morgan fingerprint density at radius 3 is 2.05 bits per heavy atom. The number of halogens is 3. The lowest BCUT2D eigenvalue weighted by atomic mass is 10.0. The average Bonchev–Trinajstić information content (AvgIpc) is 2.86. The number of carbonyl (C=O) groups is 3. The van der Waals surface area contributed by atoms with Gasteiger partial charge in [-0.25, -0.2) is 4.79 Å². The summed E-state index contributed by atoms with van der Waals surface area (Å²) >= 11 is 4.08. The normalized spacial score (nSPS) is 12.7. The van der Waals surface area contributed by atoms with Crippen molar-refractivity contribution in [3.63, 3.8) is 0 Å². The van der Waals surface area contributed by atoms with Gasteiger partial charge in [-0.3, -0.25) is 14.5 Å². The van der Waals surface area contributed by atoms with Crippen LogP contribution in [-0.4, -0.2) is 46.9 Å². The van der Waals surface area contributed by atoms with Crippen LogP contribution in [0, 0.1) is 0 Å². The number of fused-ring (bicyclic) bond motifs is 1. The number of anilines is 1. The molecule has 0 heterocycles. The first-order valence-electron chi connectivity index (χ1n) is 11.3. The van der Waals surface area contributed by atoms with Crippen molar-refractivity contribution in [1.82, 2.24) is 0 Å². The van der Waals surface area contributed by atoms with Crippen LogP contribution in [0.5, 0.6) is 0 Å². The standard InChI is InChI=1S/C24H27N3O2S.C2HF3O2/c25-14-6-11-22(24(29)30)27(20-13-12-18-9-4-5-10-19(18)16-20)23(28)21(26)15-17-7-2-1-3-8-17;3-2(4,5)1(6)7/h1-5,7-10,12-13,16,21-22H,6,11,14-15,25-26H2,(H,29,30);(H,6,7)/t21-,22-;/m0./s1. The van der Waals surface area contributed by atoms with E-state index in [4.69, 9.17) is 21.4 Å². The van der Waals surface area contributed by atoms with Gasteiger partial charge in [-0.05, 0) is 54.3 Å². The largest absolute Gasteiger partial charge is 0.490 e. The molecule has 0 unspecified atom stereocenters. The minimum Gasteiger partial charge on any atom is -0.475 e. The van der Waals surface area contributed by atoms with E-state index in [2.05, 4.69) is 12.6 Å². The van der Waals surface area contributed by atoms with E-state index in [1.807, 2.05) is 72.8 Å². The SMILES string of the molecule is NCCC[C@@H](C(=O)S)N(C(=O)[C@@H](N)Cc1ccccc1)c1ccc2ccccc2c1.O=C(O)C(F)(F)F. The third-order valence-corrected chi connectivity index (χ3v) is 5.68. The van der Waals surface area contributed by atoms with Crippen molar-refractivity contribution < 1.29 is 32.7 Å². The molecule has 0 radical (unpaired) electrons. The number of thiol groups is 1. The number of carboxylic acids is 1. The Morgan fingerprint density at radius 1 is 0.946 bits per heavy atom. The summed E-state index contributed by atoms with van der Waals surface area (Å²) in [6.45, 7) is 0.424. The molecule has 0 saturated carbocycles. The first-order chi connectivity index (χ1) is 17.5. The fraction of sp³-hybridized carbons (Fsp3) is 0.269. The monoisotopic (exact) mass is 535 g/mol. The summed E-state index contributed by atoms with van der Waals surface area (Å²) in [5.74, 6) is -3.06. The molecular formula is C26H28F3N3O4S. The summed E-state index contributed by atoms with van der Waals surface area (Å²) in [5.41, 5.74) is 13.6. The van der Waals surface area contributed by atoms with Gasteiger partial charge in [-0.2, -0.15) is 13.2 Å². The fourth-order valence-corrected chi connectivity index (χ4v) is 3.84. The smallest absolute Gasteiger partial charge is 0.475 e. The molecule has 37 heavy (non-hydrogen) atoms. The van der Waals surface area contributed by atoms with Crippen molar-refractivity contribution in [2.45, 2.75) is 37.5 Å². The van der Waals surface area contributed by atoms with E-state index < -0.39 is 24.2 Å². The van der Waals surface area contributed by atoms with Gasteiger partial charge in [0, 0.05) is 5.69 Å². The molecular weight excluding hydrogens is 507 g/mol. The second-order valence-corrected chi connectivity index (χ2v) is 8.56. The predicted octanol–water partition coefficient (Wildman–Crippen LogP) is 3.94. The lowest BCUT2D eigenvalue weighted by Crippen LogP contribution is -2.52. The van der Waals surface area contributed by atoms with Gasteiger partial charge in [-0.1, -0.05) is 60.7 Å². The number of hydrogen-bond donors (Lipinski definition) is 4. The lowest BCUT2D eigenvalue weighted by molar-refractivity contribution is -0.192. The van der Waals surface area contributed by atoms with Crippen LogP contribution in [0.25, 0.3) is 10.8 Å². The molecule has 2 atom stereocenters. The van der Waals surface area contributed by atoms with Gasteiger partial charge in [0.1, 0.15) is 6.04 Å². The molecule has 3 aromatic rings. The summed E-state index contributed by atoms with van der Waals surface area (Å²) < 4.78 is 31.7. The zero-order valence-electron chi connectivity index (χ0n) is 19.8. The molecule has 11 heteroatoms. The molecule has 3 rings (SSSR count). The Labute approximate surface area is 217 Å². The van der Waals surface area contributed by atoms with Gasteiger partial charge in [0.15, 0.2) is 0 Å². The molecule has 198 valence electrons. The second kappa shape index (κ2) is 13.8. The highest BCUT2D eigenvalue weighted by molar-refractivity contribution is 7.96. The molecule has 7 nitrogen and oxygen atoms in total. The third kappa shape index (κ3) is 8.88. The quantitative estimate of drug-likeness (QED) is 0.308. The van der Waals surface area contributed by atoms with E-state index in [1.165, 1.54) is 4.90 Å². The topological polar surface area (TPSA) is 127 Å². The van der Waals surface area contributed by atoms with Gasteiger partial charge < -0.3 is 16.6 Å². The Balaban J connectivity index is 0.000000604. The van der Waals surface area contributed by atoms with Crippen molar-refractivity contribution in [3.8, 4) is 0 Å². The molecule has 0 aliphatic carbocycles. The summed E-state index contributed by atoms with van der Waals surface area (Å²) in [6.07, 6.45) is -3.67. The molecule has 0 aliphatic heterocycles. The zero-order valence-corrected chi connectivity index (χ0v) is 20.7. The van der Waals surface area contributed by atoms with Crippen LogP contribution < -0.4 is 16.4 Å². The van der Waals surface area contributed by atoms with E-state index >= 15 is 0 Å². The van der Waals surface area contributed by atoms with E-state index in [9.17, 15) is 22.8 Å². The number of nitrogens with two attached hydrogens (primary N) is 2. The maximum Gasteiger partial charge on any atom is 0.490 e. The number of rotatable bonds is 9. The average molecular weight is 536 g/mol. The number of aliphatic carboxylic acids is 1. The van der Waals surface area contributed by atoms with Crippen molar-refractivity contribution >= 4 is 46.1 Å². The first kappa shape index (κ1) is 29.8. The Hall–Kier alpha value is -3.41. The maximum absolute atomic E-state index is 13.5. The highest BCUT2D eigenvalue weighted by atomic mass is 32.1. The van der Waals surface area contributed by atoms with Crippen LogP contribution in [0.1, 0.15) is 18.4 Å². The predicted molar refractivity (Wildman–Crippen MR) is 139 cm³/mol.